The van der Waals surface area contributed by atoms with E-state index in [2.05, 4.69) is 4.98 Å². The van der Waals surface area contributed by atoms with E-state index in [0.29, 0.717) is 19.4 Å². The molecule has 2 heterocycles. The van der Waals surface area contributed by atoms with Crippen molar-refractivity contribution < 1.29 is 26.7 Å². The van der Waals surface area contributed by atoms with Crippen molar-refractivity contribution in [3.63, 3.8) is 0 Å². The molecule has 2 aliphatic rings. The Morgan fingerprint density at radius 3 is 2.65 bits per heavy atom. The number of amides is 1. The first-order valence-electron chi connectivity index (χ1n) is 8.50. The number of pyridine rings is 1. The van der Waals surface area contributed by atoms with Gasteiger partial charge in [0, 0.05) is 51.1 Å². The van der Waals surface area contributed by atoms with Crippen LogP contribution < -0.4 is 4.90 Å². The average molecular weight is 377 g/mol. The quantitative estimate of drug-likeness (QED) is 0.756. The number of hydrogen-bond donors (Lipinski definition) is 0. The number of anilines is 1. The Bertz CT molecular complexity index is 671. The summed E-state index contributed by atoms with van der Waals surface area (Å²) in [5.41, 5.74) is -0.829. The van der Waals surface area contributed by atoms with Gasteiger partial charge < -0.3 is 9.80 Å². The molecule has 2 fully saturated rings. The van der Waals surface area contributed by atoms with Crippen LogP contribution in [0.25, 0.3) is 0 Å². The number of carbonyl (C=O) groups is 1. The van der Waals surface area contributed by atoms with Gasteiger partial charge in [-0.25, -0.2) is 13.8 Å². The number of carbonyl (C=O) groups excluding carboxylic acids is 1. The van der Waals surface area contributed by atoms with Gasteiger partial charge in [0.15, 0.2) is 0 Å². The molecule has 9 heteroatoms. The predicted molar refractivity (Wildman–Crippen MR) is 84.9 cm³/mol. The third kappa shape index (κ3) is 3.76. The zero-order valence-corrected chi connectivity index (χ0v) is 14.3. The van der Waals surface area contributed by atoms with Crippen LogP contribution >= 0.6 is 0 Å². The summed E-state index contributed by atoms with van der Waals surface area (Å²) in [5, 5.41) is 0. The van der Waals surface area contributed by atoms with Crippen molar-refractivity contribution in [2.45, 2.75) is 43.8 Å². The second-order valence-electron chi connectivity index (χ2n) is 7.02. The van der Waals surface area contributed by atoms with Crippen LogP contribution in [0, 0.1) is 5.92 Å². The first-order chi connectivity index (χ1) is 12.1. The van der Waals surface area contributed by atoms with E-state index in [0.717, 1.165) is 6.07 Å². The Morgan fingerprint density at radius 1 is 1.35 bits per heavy atom. The van der Waals surface area contributed by atoms with E-state index >= 15 is 0 Å². The maximum absolute atomic E-state index is 13.2. The van der Waals surface area contributed by atoms with E-state index in [1.165, 1.54) is 29.1 Å². The van der Waals surface area contributed by atoms with Crippen molar-refractivity contribution in [3.8, 4) is 0 Å². The molecule has 0 N–H and O–H groups in total. The van der Waals surface area contributed by atoms with Gasteiger partial charge in [0.2, 0.25) is 11.8 Å². The minimum Gasteiger partial charge on any atom is -0.354 e. The molecule has 0 spiro atoms. The first-order valence-corrected chi connectivity index (χ1v) is 8.50. The van der Waals surface area contributed by atoms with Crippen molar-refractivity contribution in [3.05, 3.63) is 23.9 Å². The fraction of sp³-hybridized carbons (Fsp3) is 0.647. The lowest BCUT2D eigenvalue weighted by molar-refractivity contribution is -0.160. The molecule has 4 nitrogen and oxygen atoms in total. The van der Waals surface area contributed by atoms with E-state index in [4.69, 9.17) is 0 Å². The maximum atomic E-state index is 13.2. The topological polar surface area (TPSA) is 36.4 Å². The molecule has 1 aliphatic carbocycles. The third-order valence-corrected chi connectivity index (χ3v) is 5.12. The summed E-state index contributed by atoms with van der Waals surface area (Å²) in [7, 11) is 1.52. The van der Waals surface area contributed by atoms with Gasteiger partial charge in [-0.2, -0.15) is 13.2 Å². The number of hydrogen-bond acceptors (Lipinski definition) is 3. The van der Waals surface area contributed by atoms with Crippen LogP contribution in [0.1, 0.15) is 31.2 Å². The van der Waals surface area contributed by atoms with Crippen LogP contribution in [0.3, 0.4) is 0 Å². The standard InChI is InChI=1S/C17H20F5N3O/c1-24(14-13(17(20,21)22)5-2-6-23-14)12-4-3-7-25(10-12)15(26)11-8-16(18,19)9-11/h2,5-6,11-12H,3-4,7-10H2,1H3. The van der Waals surface area contributed by atoms with Gasteiger partial charge in [-0.15, -0.1) is 0 Å². The third-order valence-electron chi connectivity index (χ3n) is 5.12. The summed E-state index contributed by atoms with van der Waals surface area (Å²) in [6.07, 6.45) is -2.90. The number of likely N-dealkylation sites (N-methyl/N-ethyl adjacent to an activating group) is 1. The van der Waals surface area contributed by atoms with Crippen molar-refractivity contribution >= 4 is 11.7 Å². The highest BCUT2D eigenvalue weighted by Crippen LogP contribution is 2.43. The molecule has 1 unspecified atom stereocenters. The van der Waals surface area contributed by atoms with Gasteiger partial charge in [0.05, 0.1) is 5.56 Å². The van der Waals surface area contributed by atoms with Gasteiger partial charge in [-0.1, -0.05) is 0 Å². The molecule has 0 bridgehead atoms. The van der Waals surface area contributed by atoms with Gasteiger partial charge in [-0.05, 0) is 25.0 Å². The molecule has 1 aliphatic heterocycles. The number of rotatable bonds is 3. The summed E-state index contributed by atoms with van der Waals surface area (Å²) in [5.74, 6) is -3.97. The molecule has 26 heavy (non-hydrogen) atoms. The maximum Gasteiger partial charge on any atom is 0.419 e. The monoisotopic (exact) mass is 377 g/mol. The van der Waals surface area contributed by atoms with Crippen molar-refractivity contribution in [1.82, 2.24) is 9.88 Å². The molecule has 1 aromatic rings. The van der Waals surface area contributed by atoms with Crippen LogP contribution in [0.2, 0.25) is 0 Å². The molecule has 1 atom stereocenters. The normalized spacial score (nSPS) is 23.5. The zero-order chi connectivity index (χ0) is 19.1. The van der Waals surface area contributed by atoms with E-state index in [-0.39, 0.29) is 24.3 Å². The number of alkyl halides is 5. The van der Waals surface area contributed by atoms with Crippen LogP contribution in [0.4, 0.5) is 27.8 Å². The van der Waals surface area contributed by atoms with Crippen LogP contribution in [0.15, 0.2) is 18.3 Å². The fourth-order valence-electron chi connectivity index (χ4n) is 3.64. The largest absolute Gasteiger partial charge is 0.419 e. The molecular formula is C17H20F5N3O. The summed E-state index contributed by atoms with van der Waals surface area (Å²) in [4.78, 5) is 19.2. The minimum atomic E-state index is -4.53. The average Bonchev–Trinajstić information content (AvgIpc) is 2.57. The number of nitrogens with zero attached hydrogens (tertiary/aromatic N) is 3. The predicted octanol–water partition coefficient (Wildman–Crippen LogP) is 3.57. The van der Waals surface area contributed by atoms with Gasteiger partial charge in [-0.3, -0.25) is 4.79 Å². The highest BCUT2D eigenvalue weighted by molar-refractivity contribution is 5.80. The van der Waals surface area contributed by atoms with Crippen LogP contribution in [-0.2, 0) is 11.0 Å². The Hall–Kier alpha value is -1.93. The minimum absolute atomic E-state index is 0.186. The Morgan fingerprint density at radius 2 is 2.04 bits per heavy atom. The number of piperidine rings is 1. The first kappa shape index (κ1) is 18.8. The molecular weight excluding hydrogens is 357 g/mol. The van der Waals surface area contributed by atoms with E-state index < -0.39 is 36.4 Å². The number of aromatic nitrogens is 1. The van der Waals surface area contributed by atoms with Crippen molar-refractivity contribution in [2.24, 2.45) is 5.92 Å². The molecule has 1 aromatic heterocycles. The van der Waals surface area contributed by atoms with Crippen molar-refractivity contribution in [2.75, 3.05) is 25.0 Å². The molecule has 0 aromatic carbocycles. The molecule has 144 valence electrons. The summed E-state index contributed by atoms with van der Waals surface area (Å²) in [6, 6.07) is 1.86. The summed E-state index contributed by atoms with van der Waals surface area (Å²) >= 11 is 0. The Balaban J connectivity index is 1.71. The molecule has 3 rings (SSSR count). The second-order valence-corrected chi connectivity index (χ2v) is 7.02. The molecule has 1 amide bonds. The van der Waals surface area contributed by atoms with E-state index in [1.807, 2.05) is 0 Å². The SMILES string of the molecule is CN(c1ncccc1C(F)(F)F)C1CCCN(C(=O)C2CC(F)(F)C2)C1. The van der Waals surface area contributed by atoms with Gasteiger partial charge in [0.25, 0.3) is 0 Å². The Kier molecular flexibility index (Phi) is 4.83. The molecule has 0 radical (unpaired) electrons. The summed E-state index contributed by atoms with van der Waals surface area (Å²) < 4.78 is 65.6. The molecule has 1 saturated carbocycles. The van der Waals surface area contributed by atoms with Crippen molar-refractivity contribution in [1.29, 1.82) is 0 Å². The van der Waals surface area contributed by atoms with E-state index in [9.17, 15) is 26.7 Å². The lowest BCUT2D eigenvalue weighted by Gasteiger charge is -2.42. The zero-order valence-electron chi connectivity index (χ0n) is 14.3. The lowest BCUT2D eigenvalue weighted by atomic mass is 9.80. The number of likely N-dealkylation sites (tertiary alicyclic amines) is 1. The lowest BCUT2D eigenvalue weighted by Crippen LogP contribution is -2.53. The Labute approximate surface area is 148 Å². The summed E-state index contributed by atoms with van der Waals surface area (Å²) in [6.45, 7) is 0.658. The fourth-order valence-corrected chi connectivity index (χ4v) is 3.64. The van der Waals surface area contributed by atoms with Gasteiger partial charge >= 0.3 is 6.18 Å². The number of halogens is 5. The van der Waals surface area contributed by atoms with E-state index in [1.54, 1.807) is 0 Å². The smallest absolute Gasteiger partial charge is 0.354 e. The highest BCUT2D eigenvalue weighted by atomic mass is 19.4. The van der Waals surface area contributed by atoms with Gasteiger partial charge in [0.1, 0.15) is 5.82 Å². The second kappa shape index (κ2) is 6.66. The van der Waals surface area contributed by atoms with Crippen LogP contribution in [0.5, 0.6) is 0 Å². The molecule has 1 saturated heterocycles. The highest BCUT2D eigenvalue weighted by Gasteiger charge is 2.50. The van der Waals surface area contributed by atoms with Crippen LogP contribution in [-0.4, -0.2) is 47.9 Å².